The van der Waals surface area contributed by atoms with Gasteiger partial charge in [-0.15, -0.1) is 0 Å². The molecule has 0 N–H and O–H groups in total. The first-order valence-corrected chi connectivity index (χ1v) is 8.99. The summed E-state index contributed by atoms with van der Waals surface area (Å²) in [7, 11) is 0. The zero-order valence-electron chi connectivity index (χ0n) is 15.1. The van der Waals surface area contributed by atoms with Gasteiger partial charge in [-0.1, -0.05) is 57.0 Å². The molecule has 23 heavy (non-hydrogen) atoms. The second-order valence-corrected chi connectivity index (χ2v) is 6.36. The first-order valence-electron chi connectivity index (χ1n) is 8.99. The van der Waals surface area contributed by atoms with Crippen LogP contribution in [0.25, 0.3) is 11.1 Å². The number of aryl methyl sites for hydroxylation is 1. The Morgan fingerprint density at radius 2 is 1.52 bits per heavy atom. The topological polar surface area (TPSA) is 9.23 Å². The number of ether oxygens (including phenoxy) is 1. The highest BCUT2D eigenvalue weighted by molar-refractivity contribution is 5.70. The van der Waals surface area contributed by atoms with E-state index in [1.807, 2.05) is 0 Å². The Hall–Kier alpha value is -1.76. The van der Waals surface area contributed by atoms with Crippen LogP contribution in [0.5, 0.6) is 5.75 Å². The van der Waals surface area contributed by atoms with Gasteiger partial charge in [0.2, 0.25) is 0 Å². The standard InChI is InChI=1S/C22H30O/c1-5-7-8-9-19-10-12-20(13-11-19)21-14-15-22(23-16-6-2)18(4)17(21)3/h10-15H,5-9,16H2,1-4H3. The van der Waals surface area contributed by atoms with Crippen molar-refractivity contribution < 1.29 is 4.74 Å². The van der Waals surface area contributed by atoms with Crippen LogP contribution in [-0.4, -0.2) is 6.61 Å². The molecule has 0 heterocycles. The van der Waals surface area contributed by atoms with Crippen LogP contribution in [0, 0.1) is 13.8 Å². The van der Waals surface area contributed by atoms with Gasteiger partial charge in [0, 0.05) is 0 Å². The molecule has 2 rings (SSSR count). The molecule has 0 aliphatic carbocycles. The molecule has 1 heteroatoms. The van der Waals surface area contributed by atoms with E-state index in [4.69, 9.17) is 4.74 Å². The van der Waals surface area contributed by atoms with Gasteiger partial charge < -0.3 is 4.74 Å². The molecule has 0 bridgehead atoms. The molecule has 0 atom stereocenters. The number of hydrogen-bond acceptors (Lipinski definition) is 1. The Balaban J connectivity index is 2.16. The fourth-order valence-corrected chi connectivity index (χ4v) is 2.91. The van der Waals surface area contributed by atoms with Gasteiger partial charge in [0.05, 0.1) is 6.61 Å². The Bertz CT molecular complexity index is 611. The summed E-state index contributed by atoms with van der Waals surface area (Å²) < 4.78 is 5.83. The summed E-state index contributed by atoms with van der Waals surface area (Å²) in [5.41, 5.74) is 6.62. The zero-order valence-corrected chi connectivity index (χ0v) is 15.1. The number of rotatable bonds is 8. The van der Waals surface area contributed by atoms with E-state index in [1.54, 1.807) is 0 Å². The second kappa shape index (κ2) is 8.76. The van der Waals surface area contributed by atoms with Crippen LogP contribution in [0.1, 0.15) is 56.2 Å². The third-order valence-electron chi connectivity index (χ3n) is 4.53. The van der Waals surface area contributed by atoms with E-state index in [-0.39, 0.29) is 0 Å². The SMILES string of the molecule is CCCCCc1ccc(-c2ccc(OCCC)c(C)c2C)cc1. The van der Waals surface area contributed by atoms with Crippen molar-refractivity contribution >= 4 is 0 Å². The number of unbranched alkanes of at least 4 members (excludes halogenated alkanes) is 2. The van der Waals surface area contributed by atoms with E-state index in [0.717, 1.165) is 18.8 Å². The van der Waals surface area contributed by atoms with Gasteiger partial charge in [-0.05, 0) is 67.0 Å². The monoisotopic (exact) mass is 310 g/mol. The molecule has 124 valence electrons. The summed E-state index contributed by atoms with van der Waals surface area (Å²) in [5.74, 6) is 1.02. The summed E-state index contributed by atoms with van der Waals surface area (Å²) >= 11 is 0. The minimum Gasteiger partial charge on any atom is -0.493 e. The molecule has 0 aliphatic heterocycles. The third kappa shape index (κ3) is 4.60. The van der Waals surface area contributed by atoms with Gasteiger partial charge in [-0.25, -0.2) is 0 Å². The van der Waals surface area contributed by atoms with E-state index in [0.29, 0.717) is 0 Å². The molecule has 0 fully saturated rings. The Morgan fingerprint density at radius 3 is 2.17 bits per heavy atom. The second-order valence-electron chi connectivity index (χ2n) is 6.36. The van der Waals surface area contributed by atoms with Crippen LogP contribution in [0.2, 0.25) is 0 Å². The van der Waals surface area contributed by atoms with E-state index in [2.05, 4.69) is 64.1 Å². The lowest BCUT2D eigenvalue weighted by Gasteiger charge is -2.14. The van der Waals surface area contributed by atoms with E-state index in [1.165, 1.54) is 53.5 Å². The lowest BCUT2D eigenvalue weighted by Crippen LogP contribution is -1.99. The van der Waals surface area contributed by atoms with Crippen LogP contribution < -0.4 is 4.74 Å². The van der Waals surface area contributed by atoms with Crippen molar-refractivity contribution in [1.82, 2.24) is 0 Å². The molecule has 2 aromatic carbocycles. The summed E-state index contributed by atoms with van der Waals surface area (Å²) in [4.78, 5) is 0. The zero-order chi connectivity index (χ0) is 16.7. The number of hydrogen-bond donors (Lipinski definition) is 0. The molecule has 0 saturated heterocycles. The third-order valence-corrected chi connectivity index (χ3v) is 4.53. The summed E-state index contributed by atoms with van der Waals surface area (Å²) in [6.45, 7) is 9.52. The van der Waals surface area contributed by atoms with Crippen LogP contribution in [-0.2, 0) is 6.42 Å². The maximum atomic E-state index is 5.83. The van der Waals surface area contributed by atoms with E-state index in [9.17, 15) is 0 Å². The first kappa shape index (κ1) is 17.6. The maximum Gasteiger partial charge on any atom is 0.122 e. The normalized spacial score (nSPS) is 10.8. The van der Waals surface area contributed by atoms with Gasteiger partial charge in [0.15, 0.2) is 0 Å². The van der Waals surface area contributed by atoms with Crippen molar-refractivity contribution in [3.8, 4) is 16.9 Å². The highest BCUT2D eigenvalue weighted by Crippen LogP contribution is 2.31. The highest BCUT2D eigenvalue weighted by Gasteiger charge is 2.09. The molecule has 0 unspecified atom stereocenters. The lowest BCUT2D eigenvalue weighted by molar-refractivity contribution is 0.315. The van der Waals surface area contributed by atoms with Gasteiger partial charge in [-0.3, -0.25) is 0 Å². The molecular formula is C22H30O. The molecule has 0 spiro atoms. The van der Waals surface area contributed by atoms with Crippen LogP contribution in [0.15, 0.2) is 36.4 Å². The minimum absolute atomic E-state index is 0.784. The van der Waals surface area contributed by atoms with Crippen molar-refractivity contribution in [3.63, 3.8) is 0 Å². The largest absolute Gasteiger partial charge is 0.493 e. The van der Waals surface area contributed by atoms with Crippen molar-refractivity contribution in [2.45, 2.75) is 59.8 Å². The number of benzene rings is 2. The van der Waals surface area contributed by atoms with Gasteiger partial charge in [-0.2, -0.15) is 0 Å². The van der Waals surface area contributed by atoms with Crippen LogP contribution >= 0.6 is 0 Å². The lowest BCUT2D eigenvalue weighted by atomic mass is 9.95. The molecular weight excluding hydrogens is 280 g/mol. The predicted molar refractivity (Wildman–Crippen MR) is 100 cm³/mol. The summed E-state index contributed by atoms with van der Waals surface area (Å²) in [6.07, 6.45) is 6.12. The summed E-state index contributed by atoms with van der Waals surface area (Å²) in [6, 6.07) is 13.4. The Labute approximate surface area is 141 Å². The van der Waals surface area contributed by atoms with Gasteiger partial charge in [0.25, 0.3) is 0 Å². The van der Waals surface area contributed by atoms with Gasteiger partial charge >= 0.3 is 0 Å². The molecule has 0 saturated carbocycles. The van der Waals surface area contributed by atoms with Crippen LogP contribution in [0.4, 0.5) is 0 Å². The molecule has 0 aromatic heterocycles. The summed E-state index contributed by atoms with van der Waals surface area (Å²) in [5, 5.41) is 0. The first-order chi connectivity index (χ1) is 11.2. The predicted octanol–water partition coefficient (Wildman–Crippen LogP) is 6.49. The Kier molecular flexibility index (Phi) is 6.70. The van der Waals surface area contributed by atoms with E-state index < -0.39 is 0 Å². The maximum absolute atomic E-state index is 5.83. The molecule has 0 amide bonds. The highest BCUT2D eigenvalue weighted by atomic mass is 16.5. The minimum atomic E-state index is 0.784. The van der Waals surface area contributed by atoms with Crippen molar-refractivity contribution in [3.05, 3.63) is 53.1 Å². The molecule has 1 nitrogen and oxygen atoms in total. The van der Waals surface area contributed by atoms with Crippen LogP contribution in [0.3, 0.4) is 0 Å². The van der Waals surface area contributed by atoms with Gasteiger partial charge in [0.1, 0.15) is 5.75 Å². The molecule has 2 aromatic rings. The van der Waals surface area contributed by atoms with Crippen molar-refractivity contribution in [1.29, 1.82) is 0 Å². The van der Waals surface area contributed by atoms with E-state index >= 15 is 0 Å². The average Bonchev–Trinajstić information content (AvgIpc) is 2.57. The Morgan fingerprint density at radius 1 is 0.783 bits per heavy atom. The van der Waals surface area contributed by atoms with Crippen molar-refractivity contribution in [2.24, 2.45) is 0 Å². The fourth-order valence-electron chi connectivity index (χ4n) is 2.91. The quantitative estimate of drug-likeness (QED) is 0.506. The molecule has 0 radical (unpaired) electrons. The average molecular weight is 310 g/mol. The fraction of sp³-hybridized carbons (Fsp3) is 0.455. The van der Waals surface area contributed by atoms with Crippen molar-refractivity contribution in [2.75, 3.05) is 6.61 Å². The smallest absolute Gasteiger partial charge is 0.122 e. The molecule has 0 aliphatic rings.